The van der Waals surface area contributed by atoms with E-state index in [0.717, 1.165) is 35.2 Å². The van der Waals surface area contributed by atoms with Gasteiger partial charge in [0.1, 0.15) is 17.5 Å². The molecule has 1 aromatic heterocycles. The first-order chi connectivity index (χ1) is 9.54. The second kappa shape index (κ2) is 4.23. The smallest absolute Gasteiger partial charge is 0.149 e. The van der Waals surface area contributed by atoms with E-state index in [0.29, 0.717) is 0 Å². The highest BCUT2D eigenvalue weighted by Gasteiger charge is 2.53. The highest BCUT2D eigenvalue weighted by Crippen LogP contribution is 2.60. The average Bonchev–Trinajstić information content (AvgIpc) is 2.36. The fourth-order valence-electron chi connectivity index (χ4n) is 5.33. The Kier molecular flexibility index (Phi) is 2.69. The van der Waals surface area contributed by atoms with Crippen LogP contribution >= 0.6 is 0 Å². The zero-order valence-electron chi connectivity index (χ0n) is 12.5. The molecule has 108 valence electrons. The van der Waals surface area contributed by atoms with Gasteiger partial charge in [0.05, 0.1) is 6.04 Å². The Hall–Kier alpha value is -1.03. The van der Waals surface area contributed by atoms with Gasteiger partial charge in [0.15, 0.2) is 0 Å². The van der Waals surface area contributed by atoms with Gasteiger partial charge in [-0.1, -0.05) is 0 Å². The van der Waals surface area contributed by atoms with E-state index >= 15 is 0 Å². The number of nitrogens with two attached hydrogens (primary N) is 1. The van der Waals surface area contributed by atoms with Gasteiger partial charge in [0.2, 0.25) is 0 Å². The van der Waals surface area contributed by atoms with Crippen LogP contribution in [0.3, 0.4) is 0 Å². The quantitative estimate of drug-likeness (QED) is 0.899. The first-order valence-corrected chi connectivity index (χ1v) is 8.03. The summed E-state index contributed by atoms with van der Waals surface area (Å²) in [7, 11) is 0. The molecule has 4 nitrogen and oxygen atoms in total. The van der Waals surface area contributed by atoms with Gasteiger partial charge in [0.25, 0.3) is 0 Å². The van der Waals surface area contributed by atoms with E-state index in [-0.39, 0.29) is 11.5 Å². The van der Waals surface area contributed by atoms with Crippen molar-refractivity contribution in [1.82, 2.24) is 15.0 Å². The van der Waals surface area contributed by atoms with E-state index in [2.05, 4.69) is 4.98 Å². The number of aromatic nitrogens is 3. The van der Waals surface area contributed by atoms with Crippen LogP contribution in [0.4, 0.5) is 0 Å². The predicted molar refractivity (Wildman–Crippen MR) is 77.0 cm³/mol. The molecule has 20 heavy (non-hydrogen) atoms. The first-order valence-electron chi connectivity index (χ1n) is 8.03. The fraction of sp³-hybridized carbons (Fsp3) is 0.812. The summed E-state index contributed by atoms with van der Waals surface area (Å²) >= 11 is 0. The zero-order chi connectivity index (χ0) is 13.9. The molecule has 1 unspecified atom stereocenters. The lowest BCUT2D eigenvalue weighted by Gasteiger charge is -2.56. The molecule has 1 atom stereocenters. The zero-order valence-corrected chi connectivity index (χ0v) is 12.5. The molecule has 1 aromatic rings. The second-order valence-corrected chi connectivity index (χ2v) is 7.55. The summed E-state index contributed by atoms with van der Waals surface area (Å²) in [6, 6.07) is -0.107. The average molecular weight is 272 g/mol. The molecule has 4 saturated carbocycles. The highest BCUT2D eigenvalue weighted by molar-refractivity contribution is 5.18. The number of aryl methyl sites for hydroxylation is 1. The number of rotatable bonds is 2. The first kappa shape index (κ1) is 12.7. The van der Waals surface area contributed by atoms with Gasteiger partial charge in [-0.15, -0.1) is 0 Å². The maximum Gasteiger partial charge on any atom is 0.149 e. The molecule has 5 rings (SSSR count). The maximum absolute atomic E-state index is 5.99. The molecule has 2 N–H and O–H groups in total. The molecule has 0 spiro atoms. The summed E-state index contributed by atoms with van der Waals surface area (Å²) in [6.07, 6.45) is 8.22. The van der Waals surface area contributed by atoms with E-state index < -0.39 is 0 Å². The molecule has 4 fully saturated rings. The third-order valence-corrected chi connectivity index (χ3v) is 5.68. The predicted octanol–water partition coefficient (Wildman–Crippen LogP) is 2.67. The van der Waals surface area contributed by atoms with E-state index in [4.69, 9.17) is 15.7 Å². The Morgan fingerprint density at radius 1 is 1.00 bits per heavy atom. The molecule has 4 heteroatoms. The molecule has 4 aliphatic carbocycles. The topological polar surface area (TPSA) is 64.7 Å². The van der Waals surface area contributed by atoms with Crippen LogP contribution in [0.5, 0.6) is 0 Å². The van der Waals surface area contributed by atoms with Crippen LogP contribution < -0.4 is 5.73 Å². The van der Waals surface area contributed by atoms with Crippen molar-refractivity contribution in [2.75, 3.05) is 0 Å². The summed E-state index contributed by atoms with van der Waals surface area (Å²) in [5.74, 6) is 5.39. The molecular weight excluding hydrogens is 248 g/mol. The minimum absolute atomic E-state index is 0.107. The molecule has 1 heterocycles. The number of nitrogens with zero attached hydrogens (tertiary/aromatic N) is 3. The molecule has 4 aliphatic rings. The van der Waals surface area contributed by atoms with Gasteiger partial charge in [-0.2, -0.15) is 0 Å². The summed E-state index contributed by atoms with van der Waals surface area (Å²) in [5, 5.41) is 0. The Balaban J connectivity index is 1.77. The summed E-state index contributed by atoms with van der Waals surface area (Å²) in [4.78, 5) is 13.9. The number of hydrogen-bond donors (Lipinski definition) is 1. The van der Waals surface area contributed by atoms with Crippen molar-refractivity contribution in [3.05, 3.63) is 17.5 Å². The monoisotopic (exact) mass is 272 g/mol. The van der Waals surface area contributed by atoms with Crippen molar-refractivity contribution in [3.8, 4) is 0 Å². The van der Waals surface area contributed by atoms with E-state index in [1.54, 1.807) is 0 Å². The molecule has 0 amide bonds. The molecule has 0 saturated heterocycles. The van der Waals surface area contributed by atoms with Gasteiger partial charge < -0.3 is 5.73 Å². The largest absolute Gasteiger partial charge is 0.322 e. The van der Waals surface area contributed by atoms with Gasteiger partial charge in [0, 0.05) is 5.41 Å². The molecule has 0 aliphatic heterocycles. The van der Waals surface area contributed by atoms with E-state index in [1.807, 2.05) is 13.8 Å². The van der Waals surface area contributed by atoms with Crippen LogP contribution in [0, 0.1) is 24.7 Å². The third-order valence-electron chi connectivity index (χ3n) is 5.68. The summed E-state index contributed by atoms with van der Waals surface area (Å²) in [5.41, 5.74) is 6.23. The Bertz CT molecular complexity index is 502. The van der Waals surface area contributed by atoms with Gasteiger partial charge >= 0.3 is 0 Å². The second-order valence-electron chi connectivity index (χ2n) is 7.55. The van der Waals surface area contributed by atoms with Crippen molar-refractivity contribution < 1.29 is 0 Å². The Morgan fingerprint density at radius 3 is 2.05 bits per heavy atom. The minimum atomic E-state index is -0.107. The number of hydrogen-bond acceptors (Lipinski definition) is 4. The van der Waals surface area contributed by atoms with Crippen LogP contribution in [-0.4, -0.2) is 15.0 Å². The van der Waals surface area contributed by atoms with Gasteiger partial charge in [-0.3, -0.25) is 0 Å². The summed E-state index contributed by atoms with van der Waals surface area (Å²) in [6.45, 7) is 3.93. The lowest BCUT2D eigenvalue weighted by molar-refractivity contribution is -0.00973. The van der Waals surface area contributed by atoms with Crippen LogP contribution in [-0.2, 0) is 5.41 Å². The van der Waals surface area contributed by atoms with Crippen LogP contribution in [0.15, 0.2) is 0 Å². The molecular formula is C16H24N4. The van der Waals surface area contributed by atoms with Crippen molar-refractivity contribution in [2.24, 2.45) is 23.5 Å². The molecule has 0 radical (unpaired) electrons. The fourth-order valence-corrected chi connectivity index (χ4v) is 5.33. The molecule has 0 aromatic carbocycles. The lowest BCUT2D eigenvalue weighted by atomic mass is 9.49. The van der Waals surface area contributed by atoms with Crippen LogP contribution in [0.1, 0.15) is 69.0 Å². The Morgan fingerprint density at radius 2 is 1.55 bits per heavy atom. The van der Waals surface area contributed by atoms with Crippen molar-refractivity contribution in [1.29, 1.82) is 0 Å². The highest BCUT2D eigenvalue weighted by atomic mass is 15.1. The standard InChI is InChI=1S/C16H24N4/c1-9(17)14-18-10(2)19-15(20-14)16-6-11-3-12(7-16)5-13(4-11)8-16/h9,11-13H,3-8,17H2,1-2H3. The maximum atomic E-state index is 5.99. The van der Waals surface area contributed by atoms with Crippen molar-refractivity contribution >= 4 is 0 Å². The van der Waals surface area contributed by atoms with Crippen molar-refractivity contribution in [2.45, 2.75) is 63.8 Å². The van der Waals surface area contributed by atoms with E-state index in [9.17, 15) is 0 Å². The van der Waals surface area contributed by atoms with Gasteiger partial charge in [-0.05, 0) is 70.1 Å². The van der Waals surface area contributed by atoms with Gasteiger partial charge in [-0.25, -0.2) is 15.0 Å². The Labute approximate surface area is 120 Å². The van der Waals surface area contributed by atoms with Crippen LogP contribution in [0.25, 0.3) is 0 Å². The normalized spacial score (nSPS) is 40.0. The van der Waals surface area contributed by atoms with Crippen molar-refractivity contribution in [3.63, 3.8) is 0 Å². The van der Waals surface area contributed by atoms with Crippen LogP contribution in [0.2, 0.25) is 0 Å². The minimum Gasteiger partial charge on any atom is -0.322 e. The third kappa shape index (κ3) is 1.88. The summed E-state index contributed by atoms with van der Waals surface area (Å²) < 4.78 is 0. The molecule has 4 bridgehead atoms. The van der Waals surface area contributed by atoms with E-state index in [1.165, 1.54) is 38.5 Å². The lowest BCUT2D eigenvalue weighted by Crippen LogP contribution is -2.49. The SMILES string of the molecule is Cc1nc(C(C)N)nc(C23CC4CC(CC(C4)C2)C3)n1.